The van der Waals surface area contributed by atoms with Crippen LogP contribution >= 0.6 is 23.1 Å². The monoisotopic (exact) mass is 348 g/mol. The lowest BCUT2D eigenvalue weighted by Crippen LogP contribution is -2.38. The maximum absolute atomic E-state index is 12.5. The van der Waals surface area contributed by atoms with Gasteiger partial charge in [-0.2, -0.15) is 11.8 Å². The molecule has 2 unspecified atom stereocenters. The van der Waals surface area contributed by atoms with Crippen LogP contribution in [0.2, 0.25) is 0 Å². The molecule has 1 saturated carbocycles. The summed E-state index contributed by atoms with van der Waals surface area (Å²) in [5.41, 5.74) is 0. The van der Waals surface area contributed by atoms with Crippen LogP contribution in [0.3, 0.4) is 0 Å². The molecule has 1 aromatic heterocycles. The van der Waals surface area contributed by atoms with Gasteiger partial charge in [-0.25, -0.2) is 13.1 Å². The molecule has 0 radical (unpaired) electrons. The highest BCUT2D eigenvalue weighted by atomic mass is 32.2. The van der Waals surface area contributed by atoms with E-state index < -0.39 is 10.0 Å². The van der Waals surface area contributed by atoms with Gasteiger partial charge >= 0.3 is 0 Å². The molecule has 21 heavy (non-hydrogen) atoms. The summed E-state index contributed by atoms with van der Waals surface area (Å²) in [4.78, 5) is 1.48. The summed E-state index contributed by atoms with van der Waals surface area (Å²) in [5.74, 6) is 0. The van der Waals surface area contributed by atoms with E-state index in [0.29, 0.717) is 10.1 Å². The minimum Gasteiger partial charge on any atom is -0.312 e. The third-order valence-corrected chi connectivity index (χ3v) is 7.45. The molecule has 0 aromatic carbocycles. The molecule has 1 aromatic rings. The van der Waals surface area contributed by atoms with Gasteiger partial charge in [0.25, 0.3) is 0 Å². The van der Waals surface area contributed by atoms with Crippen molar-refractivity contribution < 1.29 is 8.42 Å². The van der Waals surface area contributed by atoms with E-state index in [4.69, 9.17) is 0 Å². The van der Waals surface area contributed by atoms with Gasteiger partial charge in [0.15, 0.2) is 0 Å². The standard InChI is InChI=1S/C14H24N2O2S3/c1-3-7-15-9-11-8-12(10-20-11)21(17,18)16-13-5-4-6-14(13)19-2/h8,10,13-16H,3-7,9H2,1-2H3. The van der Waals surface area contributed by atoms with Crippen molar-refractivity contribution in [3.05, 3.63) is 16.3 Å². The minimum absolute atomic E-state index is 0.0755. The first-order valence-electron chi connectivity index (χ1n) is 7.40. The SMILES string of the molecule is CCCNCc1cc(S(=O)(=O)NC2CCCC2SC)cs1. The van der Waals surface area contributed by atoms with E-state index in [9.17, 15) is 8.42 Å². The molecule has 2 N–H and O–H groups in total. The number of hydrogen-bond donors (Lipinski definition) is 2. The first-order chi connectivity index (χ1) is 10.1. The molecule has 0 amide bonds. The quantitative estimate of drug-likeness (QED) is 0.709. The van der Waals surface area contributed by atoms with Crippen LogP contribution in [0, 0.1) is 0 Å². The smallest absolute Gasteiger partial charge is 0.241 e. The van der Waals surface area contributed by atoms with Crippen molar-refractivity contribution in [2.45, 2.75) is 55.3 Å². The van der Waals surface area contributed by atoms with Gasteiger partial charge in [-0.3, -0.25) is 0 Å². The fourth-order valence-corrected chi connectivity index (χ4v) is 6.17. The topological polar surface area (TPSA) is 58.2 Å². The first-order valence-corrected chi connectivity index (χ1v) is 11.0. The van der Waals surface area contributed by atoms with Crippen molar-refractivity contribution >= 4 is 33.1 Å². The highest BCUT2D eigenvalue weighted by Gasteiger charge is 2.31. The predicted molar refractivity (Wildman–Crippen MR) is 91.6 cm³/mol. The Labute approximate surface area is 136 Å². The van der Waals surface area contributed by atoms with Crippen LogP contribution in [0.15, 0.2) is 16.3 Å². The van der Waals surface area contributed by atoms with Gasteiger partial charge in [0, 0.05) is 28.1 Å². The van der Waals surface area contributed by atoms with Gasteiger partial charge < -0.3 is 5.32 Å². The fourth-order valence-electron chi connectivity index (χ4n) is 2.59. The van der Waals surface area contributed by atoms with E-state index in [1.54, 1.807) is 23.2 Å². The summed E-state index contributed by atoms with van der Waals surface area (Å²) in [6.07, 6.45) is 6.29. The molecular formula is C14H24N2O2S3. The molecule has 120 valence electrons. The largest absolute Gasteiger partial charge is 0.312 e. The third kappa shape index (κ3) is 4.69. The van der Waals surface area contributed by atoms with Crippen LogP contribution in [0.4, 0.5) is 0 Å². The van der Waals surface area contributed by atoms with Crippen molar-refractivity contribution in [1.29, 1.82) is 0 Å². The molecule has 0 spiro atoms. The summed E-state index contributed by atoms with van der Waals surface area (Å²) in [7, 11) is -3.38. The van der Waals surface area contributed by atoms with Gasteiger partial charge in [0.1, 0.15) is 0 Å². The number of thiophene rings is 1. The predicted octanol–water partition coefficient (Wildman–Crippen LogP) is 2.81. The summed E-state index contributed by atoms with van der Waals surface area (Å²) in [6.45, 7) is 3.81. The molecule has 1 aliphatic carbocycles. The van der Waals surface area contributed by atoms with E-state index in [2.05, 4.69) is 23.2 Å². The van der Waals surface area contributed by atoms with E-state index in [1.807, 2.05) is 0 Å². The Morgan fingerprint density at radius 2 is 2.24 bits per heavy atom. The molecule has 1 heterocycles. The molecule has 2 atom stereocenters. The lowest BCUT2D eigenvalue weighted by atomic mass is 10.3. The summed E-state index contributed by atoms with van der Waals surface area (Å²) in [6, 6.07) is 1.87. The zero-order chi connectivity index (χ0) is 15.3. The maximum Gasteiger partial charge on any atom is 0.241 e. The molecule has 1 aliphatic rings. The Balaban J connectivity index is 1.99. The Bertz CT molecular complexity index is 542. The van der Waals surface area contributed by atoms with Gasteiger partial charge in [-0.1, -0.05) is 13.3 Å². The molecule has 2 rings (SSSR count). The van der Waals surface area contributed by atoms with Crippen LogP contribution in [-0.4, -0.2) is 32.5 Å². The van der Waals surface area contributed by atoms with Gasteiger partial charge in [-0.15, -0.1) is 11.3 Å². The van der Waals surface area contributed by atoms with Crippen LogP contribution in [0.5, 0.6) is 0 Å². The Kier molecular flexibility index (Phi) is 6.55. The van der Waals surface area contributed by atoms with Crippen LogP contribution < -0.4 is 10.0 Å². The summed E-state index contributed by atoms with van der Waals surface area (Å²) in [5, 5.41) is 5.45. The maximum atomic E-state index is 12.5. The van der Waals surface area contributed by atoms with E-state index in [1.165, 1.54) is 11.3 Å². The molecule has 1 fully saturated rings. The lowest BCUT2D eigenvalue weighted by Gasteiger charge is -2.18. The van der Waals surface area contributed by atoms with Crippen molar-refractivity contribution in [3.8, 4) is 0 Å². The van der Waals surface area contributed by atoms with Gasteiger partial charge in [0.05, 0.1) is 4.90 Å². The Hall–Kier alpha value is -0.0800. The molecule has 4 nitrogen and oxygen atoms in total. The first kappa shape index (κ1) is 17.3. The summed E-state index contributed by atoms with van der Waals surface area (Å²) >= 11 is 3.27. The second kappa shape index (κ2) is 7.97. The Morgan fingerprint density at radius 3 is 2.95 bits per heavy atom. The second-order valence-electron chi connectivity index (χ2n) is 5.36. The number of rotatable bonds is 8. The average Bonchev–Trinajstić information content (AvgIpc) is 3.08. The molecule has 7 heteroatoms. The highest BCUT2D eigenvalue weighted by Crippen LogP contribution is 2.30. The zero-order valence-electron chi connectivity index (χ0n) is 12.6. The number of thioether (sulfide) groups is 1. The van der Waals surface area contributed by atoms with E-state index >= 15 is 0 Å². The summed E-state index contributed by atoms with van der Waals surface area (Å²) < 4.78 is 27.8. The number of nitrogens with one attached hydrogen (secondary N) is 2. The van der Waals surface area contributed by atoms with Gasteiger partial charge in [-0.05, 0) is 38.1 Å². The number of sulfonamides is 1. The number of hydrogen-bond acceptors (Lipinski definition) is 5. The van der Waals surface area contributed by atoms with Crippen molar-refractivity contribution in [2.75, 3.05) is 12.8 Å². The molecular weight excluding hydrogens is 324 g/mol. The zero-order valence-corrected chi connectivity index (χ0v) is 15.0. The highest BCUT2D eigenvalue weighted by molar-refractivity contribution is 7.99. The van der Waals surface area contributed by atoms with Crippen molar-refractivity contribution in [1.82, 2.24) is 10.0 Å². The van der Waals surface area contributed by atoms with Crippen LogP contribution in [0.25, 0.3) is 0 Å². The normalized spacial score (nSPS) is 22.8. The molecule has 0 saturated heterocycles. The van der Waals surface area contributed by atoms with Crippen molar-refractivity contribution in [3.63, 3.8) is 0 Å². The van der Waals surface area contributed by atoms with E-state index in [0.717, 1.165) is 43.6 Å². The average molecular weight is 349 g/mol. The van der Waals surface area contributed by atoms with Crippen molar-refractivity contribution in [2.24, 2.45) is 0 Å². The Morgan fingerprint density at radius 1 is 1.43 bits per heavy atom. The minimum atomic E-state index is -3.38. The van der Waals surface area contributed by atoms with E-state index in [-0.39, 0.29) is 6.04 Å². The van der Waals surface area contributed by atoms with Crippen LogP contribution in [-0.2, 0) is 16.6 Å². The second-order valence-corrected chi connectivity index (χ2v) is 9.15. The van der Waals surface area contributed by atoms with Crippen LogP contribution in [0.1, 0.15) is 37.5 Å². The van der Waals surface area contributed by atoms with Gasteiger partial charge in [0.2, 0.25) is 10.0 Å². The lowest BCUT2D eigenvalue weighted by molar-refractivity contribution is 0.555. The fraction of sp³-hybridized carbons (Fsp3) is 0.714. The molecule has 0 bridgehead atoms. The molecule has 0 aliphatic heterocycles. The third-order valence-electron chi connectivity index (χ3n) is 3.73.